The van der Waals surface area contributed by atoms with E-state index in [2.05, 4.69) is 35.6 Å². The van der Waals surface area contributed by atoms with Gasteiger partial charge >= 0.3 is 0 Å². The Balaban J connectivity index is 1.67. The largest absolute Gasteiger partial charge is 0.314 e. The molecule has 1 aliphatic rings. The molecule has 0 aromatic heterocycles. The van der Waals surface area contributed by atoms with Crippen molar-refractivity contribution in [2.45, 2.75) is 44.1 Å². The van der Waals surface area contributed by atoms with Gasteiger partial charge in [0, 0.05) is 6.04 Å². The zero-order chi connectivity index (χ0) is 14.4. The maximum atomic E-state index is 10.8. The number of hydrogen-bond acceptors (Lipinski definition) is 3. The molecule has 1 aliphatic carbocycles. The van der Waals surface area contributed by atoms with Gasteiger partial charge in [-0.3, -0.25) is 0 Å². The van der Waals surface area contributed by atoms with Gasteiger partial charge < -0.3 is 5.32 Å². The van der Waals surface area contributed by atoms with Crippen molar-refractivity contribution in [3.63, 3.8) is 0 Å². The maximum Gasteiger partial charge on any atom is 0.209 e. The van der Waals surface area contributed by atoms with Gasteiger partial charge in [-0.2, -0.15) is 0 Å². The quantitative estimate of drug-likeness (QED) is 0.788. The zero-order valence-electron chi connectivity index (χ0n) is 11.8. The van der Waals surface area contributed by atoms with E-state index >= 15 is 0 Å². The molecule has 1 aromatic rings. The Morgan fingerprint density at radius 3 is 2.35 bits per heavy atom. The van der Waals surface area contributed by atoms with E-state index in [0.29, 0.717) is 18.4 Å². The lowest BCUT2D eigenvalue weighted by Gasteiger charge is -2.29. The minimum absolute atomic E-state index is 0.0688. The van der Waals surface area contributed by atoms with Gasteiger partial charge in [-0.25, -0.2) is 13.6 Å². The van der Waals surface area contributed by atoms with Gasteiger partial charge in [-0.1, -0.05) is 30.3 Å². The van der Waals surface area contributed by atoms with Crippen LogP contribution in [0.3, 0.4) is 0 Å². The SMILES string of the molecule is NS(=O)(=O)CCCNC1CCC(c2ccccc2)CC1. The third-order valence-corrected chi connectivity index (χ3v) is 4.89. The first-order valence-electron chi connectivity index (χ1n) is 7.33. The highest BCUT2D eigenvalue weighted by Crippen LogP contribution is 2.32. The van der Waals surface area contributed by atoms with Gasteiger partial charge in [0.1, 0.15) is 0 Å². The van der Waals surface area contributed by atoms with Crippen LogP contribution in [-0.4, -0.2) is 26.8 Å². The average Bonchev–Trinajstić information content (AvgIpc) is 2.44. The summed E-state index contributed by atoms with van der Waals surface area (Å²) in [6, 6.07) is 11.2. The minimum atomic E-state index is -3.31. The van der Waals surface area contributed by atoms with E-state index in [1.807, 2.05) is 0 Å². The van der Waals surface area contributed by atoms with E-state index in [0.717, 1.165) is 19.4 Å². The zero-order valence-corrected chi connectivity index (χ0v) is 12.6. The second kappa shape index (κ2) is 7.20. The van der Waals surface area contributed by atoms with Crippen LogP contribution in [0, 0.1) is 0 Å². The molecule has 0 amide bonds. The molecule has 0 spiro atoms. The fourth-order valence-electron chi connectivity index (χ4n) is 2.94. The Labute approximate surface area is 121 Å². The topological polar surface area (TPSA) is 72.2 Å². The number of hydrogen-bond donors (Lipinski definition) is 2. The molecule has 0 unspecified atom stereocenters. The monoisotopic (exact) mass is 296 g/mol. The van der Waals surface area contributed by atoms with Crippen LogP contribution >= 0.6 is 0 Å². The molecule has 3 N–H and O–H groups in total. The molecule has 1 aromatic carbocycles. The highest BCUT2D eigenvalue weighted by atomic mass is 32.2. The molecule has 112 valence electrons. The molecule has 0 bridgehead atoms. The van der Waals surface area contributed by atoms with Gasteiger partial charge in [0.2, 0.25) is 10.0 Å². The van der Waals surface area contributed by atoms with Gasteiger partial charge in [0.05, 0.1) is 5.75 Å². The predicted octanol–water partition coefficient (Wildman–Crippen LogP) is 1.98. The van der Waals surface area contributed by atoms with Crippen molar-refractivity contribution < 1.29 is 8.42 Å². The summed E-state index contributed by atoms with van der Waals surface area (Å²) in [5, 5.41) is 8.43. The van der Waals surface area contributed by atoms with Crippen molar-refractivity contribution in [2.24, 2.45) is 5.14 Å². The summed E-state index contributed by atoms with van der Waals surface area (Å²) in [4.78, 5) is 0. The van der Waals surface area contributed by atoms with Crippen LogP contribution in [0.25, 0.3) is 0 Å². The van der Waals surface area contributed by atoms with Gasteiger partial charge in [0.15, 0.2) is 0 Å². The third-order valence-electron chi connectivity index (χ3n) is 4.04. The lowest BCUT2D eigenvalue weighted by Crippen LogP contribution is -2.34. The van der Waals surface area contributed by atoms with Crippen LogP contribution in [0.1, 0.15) is 43.6 Å². The van der Waals surface area contributed by atoms with E-state index in [-0.39, 0.29) is 5.75 Å². The van der Waals surface area contributed by atoms with Crippen molar-refractivity contribution in [2.75, 3.05) is 12.3 Å². The van der Waals surface area contributed by atoms with E-state index in [1.54, 1.807) is 0 Å². The first-order valence-corrected chi connectivity index (χ1v) is 9.05. The van der Waals surface area contributed by atoms with Gasteiger partial charge in [-0.15, -0.1) is 0 Å². The molecule has 5 heteroatoms. The van der Waals surface area contributed by atoms with Crippen molar-refractivity contribution in [1.29, 1.82) is 0 Å². The van der Waals surface area contributed by atoms with Crippen molar-refractivity contribution in [1.82, 2.24) is 5.32 Å². The summed E-state index contributed by atoms with van der Waals surface area (Å²) < 4.78 is 21.7. The Bertz CT molecular complexity index is 494. The lowest BCUT2D eigenvalue weighted by molar-refractivity contribution is 0.343. The minimum Gasteiger partial charge on any atom is -0.314 e. The van der Waals surface area contributed by atoms with Crippen LogP contribution < -0.4 is 10.5 Å². The second-order valence-electron chi connectivity index (χ2n) is 5.63. The molecule has 20 heavy (non-hydrogen) atoms. The molecule has 0 heterocycles. The predicted molar refractivity (Wildman–Crippen MR) is 82.0 cm³/mol. The first-order chi connectivity index (χ1) is 9.54. The van der Waals surface area contributed by atoms with Crippen molar-refractivity contribution in [3.05, 3.63) is 35.9 Å². The third kappa shape index (κ3) is 5.23. The molecule has 0 aliphatic heterocycles. The number of nitrogens with two attached hydrogens (primary N) is 1. The summed E-state index contributed by atoms with van der Waals surface area (Å²) in [7, 11) is -3.31. The fraction of sp³-hybridized carbons (Fsp3) is 0.600. The van der Waals surface area contributed by atoms with Crippen molar-refractivity contribution in [3.8, 4) is 0 Å². The number of benzene rings is 1. The summed E-state index contributed by atoms with van der Waals surface area (Å²) in [6.45, 7) is 0.733. The summed E-state index contributed by atoms with van der Waals surface area (Å²) in [6.07, 6.45) is 5.33. The molecule has 1 fully saturated rings. The van der Waals surface area contributed by atoms with Gasteiger partial charge in [0.25, 0.3) is 0 Å². The molecule has 1 saturated carbocycles. The summed E-state index contributed by atoms with van der Waals surface area (Å²) in [5.74, 6) is 0.748. The first kappa shape index (κ1) is 15.5. The standard InChI is InChI=1S/C15H24N2O2S/c16-20(18,19)12-4-11-17-15-9-7-14(8-10-15)13-5-2-1-3-6-13/h1-3,5-6,14-15,17H,4,7-12H2,(H2,16,18,19). The van der Waals surface area contributed by atoms with E-state index in [4.69, 9.17) is 5.14 Å². The lowest BCUT2D eigenvalue weighted by atomic mass is 9.82. The second-order valence-corrected chi connectivity index (χ2v) is 7.37. The van der Waals surface area contributed by atoms with Crippen LogP contribution in [-0.2, 0) is 10.0 Å². The molecular weight excluding hydrogens is 272 g/mol. The number of nitrogens with one attached hydrogen (secondary N) is 1. The van der Waals surface area contributed by atoms with Crippen LogP contribution in [0.15, 0.2) is 30.3 Å². The summed E-state index contributed by atoms with van der Waals surface area (Å²) in [5.41, 5.74) is 1.44. The molecule has 0 radical (unpaired) electrons. The van der Waals surface area contributed by atoms with Crippen LogP contribution in [0.2, 0.25) is 0 Å². The number of sulfonamides is 1. The van der Waals surface area contributed by atoms with E-state index in [9.17, 15) is 8.42 Å². The molecule has 4 nitrogen and oxygen atoms in total. The Hall–Kier alpha value is -0.910. The van der Waals surface area contributed by atoms with Gasteiger partial charge in [-0.05, 0) is 50.1 Å². The molecule has 2 rings (SSSR count). The highest BCUT2D eigenvalue weighted by Gasteiger charge is 2.21. The average molecular weight is 296 g/mol. The molecule has 0 atom stereocenters. The number of rotatable bonds is 6. The number of primary sulfonamides is 1. The normalized spacial score (nSPS) is 23.6. The van der Waals surface area contributed by atoms with E-state index in [1.165, 1.54) is 18.4 Å². The van der Waals surface area contributed by atoms with Crippen molar-refractivity contribution >= 4 is 10.0 Å². The fourth-order valence-corrected chi connectivity index (χ4v) is 3.48. The Kier molecular flexibility index (Phi) is 5.57. The molecular formula is C15H24N2O2S. The Morgan fingerprint density at radius 2 is 1.75 bits per heavy atom. The highest BCUT2D eigenvalue weighted by molar-refractivity contribution is 7.89. The molecule has 0 saturated heterocycles. The van der Waals surface area contributed by atoms with Crippen LogP contribution in [0.5, 0.6) is 0 Å². The smallest absolute Gasteiger partial charge is 0.209 e. The van der Waals surface area contributed by atoms with Crippen LogP contribution in [0.4, 0.5) is 0 Å². The van der Waals surface area contributed by atoms with E-state index < -0.39 is 10.0 Å². The summed E-state index contributed by atoms with van der Waals surface area (Å²) >= 11 is 0. The maximum absolute atomic E-state index is 10.8. The Morgan fingerprint density at radius 1 is 1.10 bits per heavy atom.